The molecule has 0 atom stereocenters. The highest BCUT2D eigenvalue weighted by Gasteiger charge is 2.17. The van der Waals surface area contributed by atoms with Crippen LogP contribution in [0.25, 0.3) is 0 Å². The molecule has 0 fully saturated rings. The van der Waals surface area contributed by atoms with Crippen LogP contribution in [0, 0.1) is 0 Å². The summed E-state index contributed by atoms with van der Waals surface area (Å²) in [5.41, 5.74) is 5.42. The highest BCUT2D eigenvalue weighted by Crippen LogP contribution is 2.28. The molecule has 2 rings (SSSR count). The van der Waals surface area contributed by atoms with Crippen molar-refractivity contribution < 1.29 is 0 Å². The van der Waals surface area contributed by atoms with Crippen LogP contribution in [0.15, 0.2) is 23.2 Å². The first-order valence-corrected chi connectivity index (χ1v) is 7.34. The van der Waals surface area contributed by atoms with Gasteiger partial charge in [0.1, 0.15) is 0 Å². The van der Waals surface area contributed by atoms with Gasteiger partial charge < -0.3 is 4.90 Å². The summed E-state index contributed by atoms with van der Waals surface area (Å²) in [6.45, 7) is 9.87. The molecule has 0 saturated carbocycles. The van der Waals surface area contributed by atoms with Crippen molar-refractivity contribution in [2.24, 2.45) is 4.99 Å². The number of rotatable bonds is 3. The van der Waals surface area contributed by atoms with Crippen LogP contribution in [0.4, 0.5) is 5.69 Å². The standard InChI is InChI=1S/C17H26N2/c1-6-7-15(18-17(2,3)4)13-8-9-16-14(12-13)10-11-19(16)5/h8-9,12H,6-7,10-11H2,1-5H3/b18-15+. The molecular weight excluding hydrogens is 232 g/mol. The molecule has 0 radical (unpaired) electrons. The molecule has 0 spiro atoms. The van der Waals surface area contributed by atoms with Gasteiger partial charge in [-0.2, -0.15) is 0 Å². The molecule has 0 N–H and O–H groups in total. The monoisotopic (exact) mass is 258 g/mol. The number of anilines is 1. The van der Waals surface area contributed by atoms with Gasteiger partial charge in [0, 0.05) is 25.0 Å². The maximum absolute atomic E-state index is 4.92. The van der Waals surface area contributed by atoms with Crippen LogP contribution < -0.4 is 4.90 Å². The summed E-state index contributed by atoms with van der Waals surface area (Å²) < 4.78 is 0. The molecule has 0 bridgehead atoms. The quantitative estimate of drug-likeness (QED) is 0.746. The van der Waals surface area contributed by atoms with Crippen LogP contribution >= 0.6 is 0 Å². The molecule has 104 valence electrons. The van der Waals surface area contributed by atoms with E-state index < -0.39 is 0 Å². The first kappa shape index (κ1) is 14.1. The predicted molar refractivity (Wildman–Crippen MR) is 84.6 cm³/mol. The van der Waals surface area contributed by atoms with Crippen molar-refractivity contribution >= 4 is 11.4 Å². The van der Waals surface area contributed by atoms with Gasteiger partial charge >= 0.3 is 0 Å². The van der Waals surface area contributed by atoms with Gasteiger partial charge in [0.05, 0.1) is 5.54 Å². The van der Waals surface area contributed by atoms with Crippen molar-refractivity contribution in [3.8, 4) is 0 Å². The molecule has 1 aromatic rings. The molecule has 2 nitrogen and oxygen atoms in total. The van der Waals surface area contributed by atoms with Crippen LogP contribution in [0.1, 0.15) is 51.7 Å². The van der Waals surface area contributed by atoms with Crippen molar-refractivity contribution in [3.05, 3.63) is 29.3 Å². The molecule has 0 unspecified atom stereocenters. The van der Waals surface area contributed by atoms with E-state index in [4.69, 9.17) is 4.99 Å². The number of aliphatic imine (C=N–C) groups is 1. The Morgan fingerprint density at radius 3 is 2.68 bits per heavy atom. The number of fused-ring (bicyclic) bond motifs is 1. The predicted octanol–water partition coefficient (Wildman–Crippen LogP) is 4.07. The Balaban J connectivity index is 2.36. The molecule has 0 aliphatic carbocycles. The highest BCUT2D eigenvalue weighted by atomic mass is 15.1. The second-order valence-electron chi connectivity index (χ2n) is 6.49. The molecular formula is C17H26N2. The van der Waals surface area contributed by atoms with Gasteiger partial charge in [0.25, 0.3) is 0 Å². The van der Waals surface area contributed by atoms with Gasteiger partial charge in [-0.05, 0) is 56.9 Å². The molecule has 0 saturated heterocycles. The summed E-state index contributed by atoms with van der Waals surface area (Å²) in [6.07, 6.45) is 3.37. The van der Waals surface area contributed by atoms with E-state index in [1.807, 2.05) is 0 Å². The molecule has 1 aromatic carbocycles. The van der Waals surface area contributed by atoms with Crippen molar-refractivity contribution in [2.75, 3.05) is 18.5 Å². The Labute approximate surface area is 117 Å². The van der Waals surface area contributed by atoms with Crippen molar-refractivity contribution in [3.63, 3.8) is 0 Å². The molecule has 1 heterocycles. The molecule has 2 heteroatoms. The van der Waals surface area contributed by atoms with Crippen LogP contribution in [0.3, 0.4) is 0 Å². The minimum Gasteiger partial charge on any atom is -0.374 e. The zero-order valence-corrected chi connectivity index (χ0v) is 13.0. The summed E-state index contributed by atoms with van der Waals surface area (Å²) in [7, 11) is 2.17. The smallest absolute Gasteiger partial charge is 0.0527 e. The van der Waals surface area contributed by atoms with E-state index in [1.165, 1.54) is 22.5 Å². The van der Waals surface area contributed by atoms with E-state index in [1.54, 1.807) is 0 Å². The number of hydrogen-bond donors (Lipinski definition) is 0. The number of likely N-dealkylation sites (N-methyl/N-ethyl adjacent to an activating group) is 1. The lowest BCUT2D eigenvalue weighted by molar-refractivity contribution is 0.581. The third-order valence-corrected chi connectivity index (χ3v) is 3.50. The number of nitrogens with zero attached hydrogens (tertiary/aromatic N) is 2. The lowest BCUT2D eigenvalue weighted by Crippen LogP contribution is -2.15. The normalized spacial score (nSPS) is 15.8. The number of benzene rings is 1. The van der Waals surface area contributed by atoms with Crippen LogP contribution in [0.2, 0.25) is 0 Å². The topological polar surface area (TPSA) is 15.6 Å². The molecule has 1 aliphatic rings. The first-order chi connectivity index (χ1) is 8.90. The van der Waals surface area contributed by atoms with Gasteiger partial charge in [0.15, 0.2) is 0 Å². The van der Waals surface area contributed by atoms with Gasteiger partial charge in [-0.1, -0.05) is 19.4 Å². The number of hydrogen-bond acceptors (Lipinski definition) is 2. The SMILES string of the molecule is CCC/C(=N\C(C)(C)C)c1ccc2c(c1)CCN2C. The van der Waals surface area contributed by atoms with Crippen LogP contribution in [-0.2, 0) is 6.42 Å². The third kappa shape index (κ3) is 3.37. The maximum atomic E-state index is 4.92. The second kappa shape index (κ2) is 5.36. The summed E-state index contributed by atoms with van der Waals surface area (Å²) in [6, 6.07) is 6.84. The van der Waals surface area contributed by atoms with E-state index in [-0.39, 0.29) is 5.54 Å². The Morgan fingerprint density at radius 1 is 1.32 bits per heavy atom. The lowest BCUT2D eigenvalue weighted by Gasteiger charge is -2.17. The van der Waals surface area contributed by atoms with Crippen molar-refractivity contribution in [1.29, 1.82) is 0 Å². The second-order valence-corrected chi connectivity index (χ2v) is 6.49. The van der Waals surface area contributed by atoms with Gasteiger partial charge in [-0.25, -0.2) is 0 Å². The fourth-order valence-corrected chi connectivity index (χ4v) is 2.65. The van der Waals surface area contributed by atoms with E-state index >= 15 is 0 Å². The largest absolute Gasteiger partial charge is 0.374 e. The average Bonchev–Trinajstić information content (AvgIpc) is 2.68. The summed E-state index contributed by atoms with van der Waals surface area (Å²) in [4.78, 5) is 7.25. The Morgan fingerprint density at radius 2 is 2.05 bits per heavy atom. The molecule has 1 aliphatic heterocycles. The van der Waals surface area contributed by atoms with Gasteiger partial charge in [-0.3, -0.25) is 4.99 Å². The first-order valence-electron chi connectivity index (χ1n) is 7.34. The Hall–Kier alpha value is -1.31. The fraction of sp³-hybridized carbons (Fsp3) is 0.588. The van der Waals surface area contributed by atoms with Gasteiger partial charge in [-0.15, -0.1) is 0 Å². The lowest BCUT2D eigenvalue weighted by atomic mass is 10.00. The van der Waals surface area contributed by atoms with E-state index in [9.17, 15) is 0 Å². The maximum Gasteiger partial charge on any atom is 0.0527 e. The zero-order chi connectivity index (χ0) is 14.0. The van der Waals surface area contributed by atoms with E-state index in [0.29, 0.717) is 0 Å². The fourth-order valence-electron chi connectivity index (χ4n) is 2.65. The minimum atomic E-state index is 0.000307. The molecule has 0 aromatic heterocycles. The highest BCUT2D eigenvalue weighted by molar-refractivity contribution is 6.01. The summed E-state index contributed by atoms with van der Waals surface area (Å²) in [5.74, 6) is 0. The summed E-state index contributed by atoms with van der Waals surface area (Å²) in [5, 5.41) is 0. The van der Waals surface area contributed by atoms with Gasteiger partial charge in [0.2, 0.25) is 0 Å². The van der Waals surface area contributed by atoms with Crippen LogP contribution in [-0.4, -0.2) is 24.8 Å². The Kier molecular flexibility index (Phi) is 3.98. The third-order valence-electron chi connectivity index (χ3n) is 3.50. The summed E-state index contributed by atoms with van der Waals surface area (Å²) >= 11 is 0. The minimum absolute atomic E-state index is 0.000307. The van der Waals surface area contributed by atoms with Crippen molar-refractivity contribution in [1.82, 2.24) is 0 Å². The average molecular weight is 258 g/mol. The van der Waals surface area contributed by atoms with E-state index in [0.717, 1.165) is 25.8 Å². The van der Waals surface area contributed by atoms with E-state index in [2.05, 4.69) is 57.8 Å². The van der Waals surface area contributed by atoms with Crippen molar-refractivity contribution in [2.45, 2.75) is 52.5 Å². The Bertz CT molecular complexity index is 481. The molecule has 19 heavy (non-hydrogen) atoms. The molecule has 0 amide bonds. The zero-order valence-electron chi connectivity index (χ0n) is 13.0. The van der Waals surface area contributed by atoms with Crippen LogP contribution in [0.5, 0.6) is 0 Å².